The van der Waals surface area contributed by atoms with E-state index in [2.05, 4.69) is 0 Å². The van der Waals surface area contributed by atoms with E-state index >= 15 is 0 Å². The smallest absolute Gasteiger partial charge is 0.318 e. The Labute approximate surface area is 145 Å². The van der Waals surface area contributed by atoms with E-state index in [0.29, 0.717) is 12.1 Å². The molecule has 136 valence electrons. The summed E-state index contributed by atoms with van der Waals surface area (Å²) in [7, 11) is -4.41. The minimum absolute atomic E-state index is 0.266. The fourth-order valence-electron chi connectivity index (χ4n) is 1.90. The standard InChI is InChI=1S/C13H10N4O8S/c14-7-1-3-9(4-2-7)26(24,25)15-13(19)10-5-8(16(20)21)6-11(12(10)18)17(22)23/h1-6,18H,14H2,(H,15,19). The molecule has 0 aliphatic carbocycles. The molecule has 0 radical (unpaired) electrons. The lowest BCUT2D eigenvalue weighted by molar-refractivity contribution is -0.394. The van der Waals surface area contributed by atoms with Gasteiger partial charge in [-0.15, -0.1) is 0 Å². The number of aromatic hydroxyl groups is 1. The number of phenolic OH excluding ortho intramolecular Hbond substituents is 1. The molecule has 0 saturated carbocycles. The number of carbonyl (C=O) groups excluding carboxylic acids is 1. The molecule has 2 aromatic rings. The third kappa shape index (κ3) is 3.67. The molecule has 0 aromatic heterocycles. The van der Waals surface area contributed by atoms with E-state index in [4.69, 9.17) is 5.73 Å². The molecule has 0 saturated heterocycles. The number of anilines is 1. The van der Waals surface area contributed by atoms with Gasteiger partial charge in [0.15, 0.2) is 0 Å². The van der Waals surface area contributed by atoms with Crippen LogP contribution in [0.3, 0.4) is 0 Å². The average molecular weight is 382 g/mol. The first-order chi connectivity index (χ1) is 12.0. The minimum Gasteiger partial charge on any atom is -0.502 e. The van der Waals surface area contributed by atoms with Gasteiger partial charge in [0, 0.05) is 11.8 Å². The highest BCUT2D eigenvalue weighted by Crippen LogP contribution is 2.34. The van der Waals surface area contributed by atoms with Gasteiger partial charge in [-0.3, -0.25) is 25.0 Å². The van der Waals surface area contributed by atoms with E-state index < -0.39 is 48.5 Å². The third-order valence-corrected chi connectivity index (χ3v) is 4.49. The number of nitro groups is 2. The second-order valence-electron chi connectivity index (χ2n) is 4.88. The highest BCUT2D eigenvalue weighted by Gasteiger charge is 2.29. The van der Waals surface area contributed by atoms with E-state index in [-0.39, 0.29) is 10.6 Å². The number of carbonyl (C=O) groups is 1. The topological polar surface area (TPSA) is 196 Å². The molecule has 0 spiro atoms. The van der Waals surface area contributed by atoms with Crippen molar-refractivity contribution in [3.8, 4) is 5.75 Å². The molecule has 0 unspecified atom stereocenters. The summed E-state index contributed by atoms with van der Waals surface area (Å²) in [6.07, 6.45) is 0. The number of hydrogen-bond donors (Lipinski definition) is 3. The molecule has 13 heteroatoms. The Bertz CT molecular complexity index is 1020. The molecule has 0 aliphatic rings. The molecule has 0 atom stereocenters. The molecular weight excluding hydrogens is 372 g/mol. The van der Waals surface area contributed by atoms with Crippen molar-refractivity contribution >= 4 is 33.0 Å². The fraction of sp³-hybridized carbons (Fsp3) is 0. The van der Waals surface area contributed by atoms with Gasteiger partial charge in [0.25, 0.3) is 21.6 Å². The van der Waals surface area contributed by atoms with Crippen LogP contribution in [0.5, 0.6) is 5.75 Å². The Morgan fingerprint density at radius 1 is 1.08 bits per heavy atom. The maximum atomic E-state index is 12.2. The van der Waals surface area contributed by atoms with Crippen LogP contribution >= 0.6 is 0 Å². The number of nitrogens with two attached hydrogens (primary N) is 1. The van der Waals surface area contributed by atoms with Crippen molar-refractivity contribution in [3.05, 3.63) is 62.2 Å². The first-order valence-corrected chi connectivity index (χ1v) is 8.09. The van der Waals surface area contributed by atoms with Gasteiger partial charge in [-0.25, -0.2) is 13.1 Å². The predicted molar refractivity (Wildman–Crippen MR) is 86.9 cm³/mol. The molecule has 0 fully saturated rings. The second-order valence-corrected chi connectivity index (χ2v) is 6.56. The number of sulfonamides is 1. The van der Waals surface area contributed by atoms with Crippen LogP contribution in [0.2, 0.25) is 0 Å². The van der Waals surface area contributed by atoms with Crippen molar-refractivity contribution in [2.45, 2.75) is 4.90 Å². The van der Waals surface area contributed by atoms with Gasteiger partial charge in [0.1, 0.15) is 0 Å². The molecule has 4 N–H and O–H groups in total. The number of phenols is 1. The molecule has 2 rings (SSSR count). The van der Waals surface area contributed by atoms with Crippen molar-refractivity contribution < 1.29 is 28.2 Å². The van der Waals surface area contributed by atoms with Crippen molar-refractivity contribution in [1.82, 2.24) is 4.72 Å². The van der Waals surface area contributed by atoms with Gasteiger partial charge in [0.2, 0.25) is 5.75 Å². The zero-order valence-corrected chi connectivity index (χ0v) is 13.5. The van der Waals surface area contributed by atoms with Crippen LogP contribution in [-0.2, 0) is 10.0 Å². The van der Waals surface area contributed by atoms with E-state index in [1.54, 1.807) is 4.72 Å². The van der Waals surface area contributed by atoms with Crippen molar-refractivity contribution in [2.75, 3.05) is 5.73 Å². The van der Waals surface area contributed by atoms with Gasteiger partial charge in [0.05, 0.1) is 26.4 Å². The van der Waals surface area contributed by atoms with Gasteiger partial charge in [-0.1, -0.05) is 0 Å². The van der Waals surface area contributed by atoms with Crippen LogP contribution in [0.15, 0.2) is 41.3 Å². The molecule has 26 heavy (non-hydrogen) atoms. The monoisotopic (exact) mass is 382 g/mol. The number of nitrogen functional groups attached to an aromatic ring is 1. The lowest BCUT2D eigenvalue weighted by atomic mass is 10.1. The summed E-state index contributed by atoms with van der Waals surface area (Å²) in [5.74, 6) is -2.68. The molecule has 1 amide bonds. The SMILES string of the molecule is Nc1ccc(S(=O)(=O)NC(=O)c2cc([N+](=O)[O-])cc([N+](=O)[O-])c2O)cc1. The van der Waals surface area contributed by atoms with Crippen LogP contribution in [0.25, 0.3) is 0 Å². The number of nitrogens with zero attached hydrogens (tertiary/aromatic N) is 2. The largest absolute Gasteiger partial charge is 0.502 e. The fourth-order valence-corrected chi connectivity index (χ4v) is 2.87. The van der Waals surface area contributed by atoms with Crippen LogP contribution in [0.1, 0.15) is 10.4 Å². The normalized spacial score (nSPS) is 10.9. The molecule has 0 aliphatic heterocycles. The third-order valence-electron chi connectivity index (χ3n) is 3.14. The van der Waals surface area contributed by atoms with Crippen LogP contribution in [0.4, 0.5) is 17.1 Å². The van der Waals surface area contributed by atoms with E-state index in [1.807, 2.05) is 0 Å². The highest BCUT2D eigenvalue weighted by molar-refractivity contribution is 7.90. The van der Waals surface area contributed by atoms with Gasteiger partial charge in [-0.2, -0.15) is 0 Å². The summed E-state index contributed by atoms with van der Waals surface area (Å²) in [6, 6.07) is 5.68. The zero-order valence-electron chi connectivity index (χ0n) is 12.6. The Morgan fingerprint density at radius 2 is 1.65 bits per heavy atom. The Balaban J connectivity index is 2.47. The predicted octanol–water partition coefficient (Wildman–Crippen LogP) is 0.909. The quantitative estimate of drug-likeness (QED) is 0.382. The van der Waals surface area contributed by atoms with Gasteiger partial charge < -0.3 is 10.8 Å². The summed E-state index contributed by atoms with van der Waals surface area (Å²) in [4.78, 5) is 31.3. The maximum Gasteiger partial charge on any atom is 0.318 e. The summed E-state index contributed by atoms with van der Waals surface area (Å²) in [5, 5.41) is 31.5. The van der Waals surface area contributed by atoms with Crippen molar-refractivity contribution in [2.24, 2.45) is 0 Å². The Kier molecular flexibility index (Phi) is 4.75. The lowest BCUT2D eigenvalue weighted by Crippen LogP contribution is -2.30. The summed E-state index contributed by atoms with van der Waals surface area (Å²) in [5.41, 5.74) is 2.77. The number of nitro benzene ring substituents is 2. The highest BCUT2D eigenvalue weighted by atomic mass is 32.2. The van der Waals surface area contributed by atoms with E-state index in [1.165, 1.54) is 12.1 Å². The number of benzene rings is 2. The van der Waals surface area contributed by atoms with E-state index in [9.17, 15) is 38.5 Å². The Morgan fingerprint density at radius 3 is 2.15 bits per heavy atom. The van der Waals surface area contributed by atoms with Crippen LogP contribution in [-0.4, -0.2) is 29.3 Å². The van der Waals surface area contributed by atoms with Gasteiger partial charge >= 0.3 is 5.69 Å². The average Bonchev–Trinajstić information content (AvgIpc) is 2.54. The summed E-state index contributed by atoms with van der Waals surface area (Å²) < 4.78 is 25.9. The molecular formula is C13H10N4O8S. The summed E-state index contributed by atoms with van der Waals surface area (Å²) >= 11 is 0. The first kappa shape index (κ1) is 18.6. The second kappa shape index (κ2) is 6.64. The number of rotatable bonds is 5. The molecule has 12 nitrogen and oxygen atoms in total. The molecule has 0 heterocycles. The van der Waals surface area contributed by atoms with Crippen molar-refractivity contribution in [3.63, 3.8) is 0 Å². The van der Waals surface area contributed by atoms with E-state index in [0.717, 1.165) is 12.1 Å². The lowest BCUT2D eigenvalue weighted by Gasteiger charge is -2.08. The van der Waals surface area contributed by atoms with Gasteiger partial charge in [-0.05, 0) is 24.3 Å². The number of nitrogens with one attached hydrogen (secondary N) is 1. The molecule has 2 aromatic carbocycles. The molecule has 0 bridgehead atoms. The number of amides is 1. The van der Waals surface area contributed by atoms with Crippen molar-refractivity contribution in [1.29, 1.82) is 0 Å². The Hall–Kier alpha value is -3.74. The first-order valence-electron chi connectivity index (χ1n) is 6.61. The summed E-state index contributed by atoms with van der Waals surface area (Å²) in [6.45, 7) is 0. The number of hydrogen-bond acceptors (Lipinski definition) is 9. The number of non-ortho nitro benzene ring substituents is 1. The maximum absolute atomic E-state index is 12.2. The zero-order chi connectivity index (χ0) is 19.6. The van der Waals surface area contributed by atoms with Crippen LogP contribution in [0, 0.1) is 20.2 Å². The van der Waals surface area contributed by atoms with Crippen LogP contribution < -0.4 is 10.5 Å². The minimum atomic E-state index is -4.41.